The number of nitrogens with zero attached hydrogens (tertiary/aromatic N) is 3. The fourth-order valence-electron chi connectivity index (χ4n) is 5.63. The Labute approximate surface area is 240 Å². The SMILES string of the molecule is C=CC(=O)N1CCCC(NC(=O)[C@@H]2Sc3nccc4c3C2NC(=O)N4c2c(C)cc(Oc3ccccc3)cc2F)C1. The lowest BCUT2D eigenvalue weighted by atomic mass is 9.98. The number of nitrogens with one attached hydrogen (secondary N) is 2. The summed E-state index contributed by atoms with van der Waals surface area (Å²) < 4.78 is 21.4. The van der Waals surface area contributed by atoms with E-state index in [1.54, 1.807) is 42.3 Å². The molecule has 4 amide bonds. The smallest absolute Gasteiger partial charge is 0.327 e. The highest BCUT2D eigenvalue weighted by atomic mass is 32.2. The molecule has 2 N–H and O–H groups in total. The van der Waals surface area contributed by atoms with E-state index in [0.717, 1.165) is 12.8 Å². The number of ether oxygens (including phenoxy) is 1. The lowest BCUT2D eigenvalue weighted by Crippen LogP contribution is -2.53. The molecule has 4 heterocycles. The number of carbonyl (C=O) groups excluding carboxylic acids is 3. The zero-order chi connectivity index (χ0) is 28.7. The van der Waals surface area contributed by atoms with E-state index >= 15 is 4.39 Å². The number of halogens is 1. The molecule has 0 spiro atoms. The van der Waals surface area contributed by atoms with Crippen LogP contribution >= 0.6 is 11.8 Å². The number of hydrogen-bond acceptors (Lipinski definition) is 6. The van der Waals surface area contributed by atoms with Crippen LogP contribution in [0.15, 0.2) is 72.4 Å². The summed E-state index contributed by atoms with van der Waals surface area (Å²) in [6.07, 6.45) is 4.35. The zero-order valence-electron chi connectivity index (χ0n) is 22.3. The molecule has 3 aromatic rings. The second kappa shape index (κ2) is 10.9. The van der Waals surface area contributed by atoms with Crippen LogP contribution in [0, 0.1) is 12.7 Å². The molecule has 3 aliphatic rings. The van der Waals surface area contributed by atoms with Crippen LogP contribution in [0.1, 0.15) is 30.0 Å². The van der Waals surface area contributed by atoms with Gasteiger partial charge in [-0.25, -0.2) is 14.2 Å². The number of aryl methyl sites for hydroxylation is 1. The highest BCUT2D eigenvalue weighted by Crippen LogP contribution is 2.51. The van der Waals surface area contributed by atoms with Crippen LogP contribution in [0.4, 0.5) is 20.6 Å². The number of urea groups is 1. The van der Waals surface area contributed by atoms with Crippen molar-refractivity contribution in [2.24, 2.45) is 0 Å². The van der Waals surface area contributed by atoms with Crippen molar-refractivity contribution in [1.29, 1.82) is 0 Å². The summed E-state index contributed by atoms with van der Waals surface area (Å²) in [7, 11) is 0. The van der Waals surface area contributed by atoms with Crippen molar-refractivity contribution in [2.75, 3.05) is 18.0 Å². The topological polar surface area (TPSA) is 104 Å². The Morgan fingerprint density at radius 2 is 2.02 bits per heavy atom. The van der Waals surface area contributed by atoms with Gasteiger partial charge in [0.25, 0.3) is 0 Å². The molecular weight excluding hydrogens is 545 g/mol. The molecule has 11 heteroatoms. The Balaban J connectivity index is 1.25. The number of anilines is 2. The molecular formula is C30H28FN5O4S. The predicted octanol–water partition coefficient (Wildman–Crippen LogP) is 4.99. The number of benzene rings is 2. The molecule has 3 atom stereocenters. The molecule has 1 aromatic heterocycles. The summed E-state index contributed by atoms with van der Waals surface area (Å²) in [5, 5.41) is 5.93. The first-order chi connectivity index (χ1) is 19.8. The molecule has 41 heavy (non-hydrogen) atoms. The van der Waals surface area contributed by atoms with Gasteiger partial charge in [-0.3, -0.25) is 14.5 Å². The third-order valence-corrected chi connectivity index (χ3v) is 8.74. The van der Waals surface area contributed by atoms with Gasteiger partial charge in [0.1, 0.15) is 21.8 Å². The van der Waals surface area contributed by atoms with Crippen LogP contribution in [0.2, 0.25) is 0 Å². The highest BCUT2D eigenvalue weighted by Gasteiger charge is 2.47. The molecule has 1 fully saturated rings. The maximum Gasteiger partial charge on any atom is 0.327 e. The molecule has 0 radical (unpaired) electrons. The predicted molar refractivity (Wildman–Crippen MR) is 153 cm³/mol. The van der Waals surface area contributed by atoms with Gasteiger partial charge in [0, 0.05) is 37.0 Å². The quantitative estimate of drug-likeness (QED) is 0.403. The van der Waals surface area contributed by atoms with Crippen LogP contribution in [0.25, 0.3) is 0 Å². The first-order valence-corrected chi connectivity index (χ1v) is 14.2. The van der Waals surface area contributed by atoms with E-state index in [0.29, 0.717) is 46.4 Å². The Morgan fingerprint density at radius 1 is 1.22 bits per heavy atom. The number of amides is 4. The van der Waals surface area contributed by atoms with Gasteiger partial charge >= 0.3 is 6.03 Å². The zero-order valence-corrected chi connectivity index (χ0v) is 23.1. The van der Waals surface area contributed by atoms with Crippen LogP contribution in [0.3, 0.4) is 0 Å². The lowest BCUT2D eigenvalue weighted by Gasteiger charge is -2.36. The van der Waals surface area contributed by atoms with Gasteiger partial charge in [0.15, 0.2) is 5.82 Å². The number of pyridine rings is 1. The highest BCUT2D eigenvalue weighted by molar-refractivity contribution is 8.01. The third kappa shape index (κ3) is 5.01. The summed E-state index contributed by atoms with van der Waals surface area (Å²) in [6, 6.07) is 12.3. The summed E-state index contributed by atoms with van der Waals surface area (Å²) >= 11 is 1.27. The van der Waals surface area contributed by atoms with E-state index < -0.39 is 23.1 Å². The van der Waals surface area contributed by atoms with Gasteiger partial charge in [0.05, 0.1) is 17.4 Å². The van der Waals surface area contributed by atoms with E-state index in [1.165, 1.54) is 28.8 Å². The molecule has 0 saturated carbocycles. The number of aromatic nitrogens is 1. The van der Waals surface area contributed by atoms with Gasteiger partial charge in [0.2, 0.25) is 11.8 Å². The third-order valence-electron chi connectivity index (χ3n) is 7.45. The fraction of sp³-hybridized carbons (Fsp3) is 0.267. The Hall–Kier alpha value is -4.38. The molecule has 0 aliphatic carbocycles. The Morgan fingerprint density at radius 3 is 2.78 bits per heavy atom. The number of likely N-dealkylation sites (tertiary alicyclic amines) is 1. The summed E-state index contributed by atoms with van der Waals surface area (Å²) in [6.45, 7) is 6.29. The number of piperidine rings is 1. The monoisotopic (exact) mass is 573 g/mol. The van der Waals surface area contributed by atoms with Crippen molar-refractivity contribution in [2.45, 2.75) is 42.1 Å². The number of thioether (sulfide) groups is 1. The lowest BCUT2D eigenvalue weighted by molar-refractivity contribution is -0.129. The minimum absolute atomic E-state index is 0.0989. The second-order valence-electron chi connectivity index (χ2n) is 10.2. The number of rotatable bonds is 6. The van der Waals surface area contributed by atoms with Gasteiger partial charge in [-0.1, -0.05) is 36.5 Å². The maximum atomic E-state index is 15.6. The van der Waals surface area contributed by atoms with Gasteiger partial charge in [-0.15, -0.1) is 0 Å². The molecule has 2 aromatic carbocycles. The van der Waals surface area contributed by atoms with Crippen LogP contribution in [-0.2, 0) is 9.59 Å². The largest absolute Gasteiger partial charge is 0.457 e. The molecule has 2 unspecified atom stereocenters. The van der Waals surface area contributed by atoms with E-state index in [9.17, 15) is 14.4 Å². The number of carbonyl (C=O) groups is 3. The van der Waals surface area contributed by atoms with E-state index in [2.05, 4.69) is 22.2 Å². The standard InChI is InChI=1S/C30H28FN5O4S/c1-3-23(37)35-13-7-8-18(16-35)33-28(38)27-25-24-22(11-12-32-29(24)41-27)36(30(39)34-25)26-17(2)14-20(15-21(26)31)40-19-9-5-4-6-10-19/h3-6,9-12,14-15,18,25,27H,1,7-8,13,16H2,2H3,(H,33,38)(H,34,39)/t18?,25?,27-/m1/s1. The normalized spacial score (nSPS) is 21.1. The Bertz CT molecular complexity index is 1530. The van der Waals surface area contributed by atoms with Crippen molar-refractivity contribution in [3.63, 3.8) is 0 Å². The first kappa shape index (κ1) is 26.8. The molecule has 9 nitrogen and oxygen atoms in total. The molecule has 210 valence electrons. The second-order valence-corrected chi connectivity index (χ2v) is 11.3. The van der Waals surface area contributed by atoms with Crippen LogP contribution in [0.5, 0.6) is 11.5 Å². The van der Waals surface area contributed by atoms with Gasteiger partial charge in [-0.05, 0) is 55.7 Å². The average molecular weight is 574 g/mol. The van der Waals surface area contributed by atoms with Crippen molar-refractivity contribution in [3.8, 4) is 11.5 Å². The number of hydrogen-bond donors (Lipinski definition) is 2. The maximum absolute atomic E-state index is 15.6. The van der Waals surface area contributed by atoms with E-state index in [4.69, 9.17) is 4.74 Å². The summed E-state index contributed by atoms with van der Waals surface area (Å²) in [4.78, 5) is 46.5. The van der Waals surface area contributed by atoms with Crippen molar-refractivity contribution >= 4 is 41.0 Å². The summed E-state index contributed by atoms with van der Waals surface area (Å²) in [5.41, 5.74) is 1.76. The molecule has 3 aliphatic heterocycles. The molecule has 0 bridgehead atoms. The fourth-order valence-corrected chi connectivity index (χ4v) is 6.86. The van der Waals surface area contributed by atoms with Crippen LogP contribution < -0.4 is 20.3 Å². The van der Waals surface area contributed by atoms with Crippen molar-refractivity contribution in [3.05, 3.63) is 84.3 Å². The molecule has 1 saturated heterocycles. The van der Waals surface area contributed by atoms with E-state index in [-0.39, 0.29) is 23.5 Å². The van der Waals surface area contributed by atoms with Crippen molar-refractivity contribution < 1.29 is 23.5 Å². The number of para-hydroxylation sites is 1. The minimum atomic E-state index is -0.664. The Kier molecular flexibility index (Phi) is 7.12. The van der Waals surface area contributed by atoms with Crippen molar-refractivity contribution in [1.82, 2.24) is 20.5 Å². The van der Waals surface area contributed by atoms with Crippen LogP contribution in [-0.4, -0.2) is 52.1 Å². The first-order valence-electron chi connectivity index (χ1n) is 13.3. The van der Waals surface area contributed by atoms with E-state index in [1.807, 2.05) is 18.2 Å². The van der Waals surface area contributed by atoms with Gasteiger partial charge < -0.3 is 20.3 Å². The average Bonchev–Trinajstić information content (AvgIpc) is 3.34. The van der Waals surface area contributed by atoms with Gasteiger partial charge in [-0.2, -0.15) is 0 Å². The minimum Gasteiger partial charge on any atom is -0.457 e. The molecule has 6 rings (SSSR count). The summed E-state index contributed by atoms with van der Waals surface area (Å²) in [5.74, 6) is -0.152.